The Balaban J connectivity index is 2.24. The molecule has 0 radical (unpaired) electrons. The van der Waals surface area contributed by atoms with Crippen LogP contribution < -0.4 is 0 Å². The molecular weight excluding hydrogens is 292 g/mol. The normalized spacial score (nSPS) is 12.7. The molecule has 0 saturated carbocycles. The van der Waals surface area contributed by atoms with Gasteiger partial charge < -0.3 is 0 Å². The molecule has 1 unspecified atom stereocenters. The van der Waals surface area contributed by atoms with Crippen molar-refractivity contribution >= 4 is 34.7 Å². The predicted molar refractivity (Wildman–Crippen MR) is 75.2 cm³/mol. The minimum Gasteiger partial charge on any atom is -0.207 e. The van der Waals surface area contributed by atoms with E-state index in [1.807, 2.05) is 6.92 Å². The van der Waals surface area contributed by atoms with E-state index in [1.165, 1.54) is 17.6 Å². The van der Waals surface area contributed by atoms with E-state index in [0.717, 1.165) is 10.4 Å². The van der Waals surface area contributed by atoms with Crippen molar-refractivity contribution in [3.05, 3.63) is 51.2 Å². The summed E-state index contributed by atoms with van der Waals surface area (Å²) in [5.74, 6) is 0.327. The highest BCUT2D eigenvalue weighted by Crippen LogP contribution is 2.31. The molecule has 2 aromatic rings. The number of halogens is 3. The highest BCUT2D eigenvalue weighted by Gasteiger charge is 2.17. The lowest BCUT2D eigenvalue weighted by molar-refractivity contribution is 0.599. The summed E-state index contributed by atoms with van der Waals surface area (Å²) in [6, 6.07) is 4.76. The summed E-state index contributed by atoms with van der Waals surface area (Å²) in [5, 5.41) is 0.471. The van der Waals surface area contributed by atoms with Crippen molar-refractivity contribution in [3.8, 4) is 0 Å². The molecule has 1 nitrogen and oxygen atoms in total. The van der Waals surface area contributed by atoms with E-state index in [1.54, 1.807) is 18.3 Å². The molecule has 1 aromatic carbocycles. The zero-order valence-electron chi connectivity index (χ0n) is 9.79. The minimum atomic E-state index is -0.258. The Kier molecular flexibility index (Phi) is 4.60. The molecule has 18 heavy (non-hydrogen) atoms. The van der Waals surface area contributed by atoms with Crippen molar-refractivity contribution in [3.63, 3.8) is 0 Å². The van der Waals surface area contributed by atoms with Crippen LogP contribution in [0.15, 0.2) is 24.4 Å². The highest BCUT2D eigenvalue weighted by atomic mass is 35.5. The third-order valence-electron chi connectivity index (χ3n) is 2.84. The first-order valence-corrected chi connectivity index (χ1v) is 7.24. The van der Waals surface area contributed by atoms with Gasteiger partial charge in [0.2, 0.25) is 0 Å². The summed E-state index contributed by atoms with van der Waals surface area (Å²) in [5.41, 5.74) is 1.57. The summed E-state index contributed by atoms with van der Waals surface area (Å²) in [7, 11) is 0. The van der Waals surface area contributed by atoms with Gasteiger partial charge in [0.25, 0.3) is 0 Å². The van der Waals surface area contributed by atoms with Crippen molar-refractivity contribution in [2.75, 3.05) is 0 Å². The Labute approximate surface area is 120 Å². The summed E-state index contributed by atoms with van der Waals surface area (Å²) in [6.07, 6.45) is 2.32. The number of benzene rings is 1. The Morgan fingerprint density at radius 2 is 2.22 bits per heavy atom. The lowest BCUT2D eigenvalue weighted by atomic mass is 9.97. The second-order valence-corrected chi connectivity index (χ2v) is 5.66. The first kappa shape index (κ1) is 13.8. The monoisotopic (exact) mass is 303 g/mol. The van der Waals surface area contributed by atoms with E-state index >= 15 is 0 Å². The minimum absolute atomic E-state index is 0.153. The van der Waals surface area contributed by atoms with Crippen LogP contribution in [0, 0.1) is 5.82 Å². The van der Waals surface area contributed by atoms with Gasteiger partial charge in [-0.05, 0) is 36.0 Å². The molecule has 0 bridgehead atoms. The molecule has 0 fully saturated rings. The lowest BCUT2D eigenvalue weighted by Crippen LogP contribution is -2.01. The summed E-state index contributed by atoms with van der Waals surface area (Å²) in [4.78, 5) is 1.10. The van der Waals surface area contributed by atoms with Crippen molar-refractivity contribution in [1.29, 1.82) is 0 Å². The Bertz CT molecular complexity index is 521. The number of hydrogen-bond acceptors (Lipinski definition) is 2. The molecule has 0 saturated heterocycles. The van der Waals surface area contributed by atoms with Crippen LogP contribution in [0.1, 0.15) is 28.8 Å². The average molecular weight is 304 g/mol. The molecule has 0 aliphatic carbocycles. The van der Waals surface area contributed by atoms with Gasteiger partial charge in [-0.2, -0.15) is 0 Å². The van der Waals surface area contributed by atoms with Gasteiger partial charge in [0.15, 0.2) is 0 Å². The maximum atomic E-state index is 13.7. The number of aromatic nitrogens is 1. The fraction of sp³-hybridized carbons (Fsp3) is 0.308. The molecule has 0 N–H and O–H groups in total. The van der Waals surface area contributed by atoms with Gasteiger partial charge in [-0.15, -0.1) is 11.6 Å². The zero-order valence-corrected chi connectivity index (χ0v) is 12.1. The van der Waals surface area contributed by atoms with Gasteiger partial charge in [-0.25, -0.2) is 8.76 Å². The molecule has 0 aliphatic heterocycles. The van der Waals surface area contributed by atoms with Crippen molar-refractivity contribution in [2.45, 2.75) is 25.1 Å². The van der Waals surface area contributed by atoms with Crippen molar-refractivity contribution < 1.29 is 4.39 Å². The molecule has 1 heterocycles. The fourth-order valence-electron chi connectivity index (χ4n) is 1.90. The van der Waals surface area contributed by atoms with Crippen LogP contribution in [-0.2, 0) is 12.3 Å². The second-order valence-electron chi connectivity index (χ2n) is 4.15. The number of rotatable bonds is 4. The molecule has 0 aliphatic rings. The van der Waals surface area contributed by atoms with Gasteiger partial charge in [-0.3, -0.25) is 0 Å². The molecule has 96 valence electrons. The van der Waals surface area contributed by atoms with Gasteiger partial charge >= 0.3 is 0 Å². The Morgan fingerprint density at radius 3 is 2.89 bits per heavy atom. The standard InChI is InChI=1S/C13H12Cl2FNS/c1-8(13-9(6-14)7-17-18-13)5-10-11(15)3-2-4-12(10)16/h2-4,7-8H,5-6H2,1H3. The van der Waals surface area contributed by atoms with Gasteiger partial charge in [0.05, 0.1) is 5.88 Å². The average Bonchev–Trinajstić information content (AvgIpc) is 2.82. The topological polar surface area (TPSA) is 12.9 Å². The SMILES string of the molecule is CC(Cc1c(F)cccc1Cl)c1sncc1CCl. The Hall–Kier alpha value is -0.640. The molecule has 0 amide bonds. The van der Waals surface area contributed by atoms with E-state index in [-0.39, 0.29) is 11.7 Å². The van der Waals surface area contributed by atoms with E-state index in [4.69, 9.17) is 23.2 Å². The fourth-order valence-corrected chi connectivity index (χ4v) is 3.23. The smallest absolute Gasteiger partial charge is 0.127 e. The van der Waals surface area contributed by atoms with Crippen molar-refractivity contribution in [2.24, 2.45) is 0 Å². The molecule has 0 spiro atoms. The molecule has 2 rings (SSSR count). The van der Waals surface area contributed by atoms with E-state index in [0.29, 0.717) is 22.9 Å². The number of hydrogen-bond donors (Lipinski definition) is 0. The van der Waals surface area contributed by atoms with Crippen LogP contribution in [0.25, 0.3) is 0 Å². The largest absolute Gasteiger partial charge is 0.207 e. The summed E-state index contributed by atoms with van der Waals surface area (Å²) >= 11 is 13.3. The third-order valence-corrected chi connectivity index (χ3v) is 4.55. The van der Waals surface area contributed by atoms with E-state index in [2.05, 4.69) is 4.37 Å². The van der Waals surface area contributed by atoms with Crippen LogP contribution >= 0.6 is 34.7 Å². The van der Waals surface area contributed by atoms with Crippen LogP contribution in [0.4, 0.5) is 4.39 Å². The number of nitrogens with zero attached hydrogens (tertiary/aromatic N) is 1. The first-order chi connectivity index (χ1) is 8.63. The van der Waals surface area contributed by atoms with Gasteiger partial charge in [0, 0.05) is 27.2 Å². The van der Waals surface area contributed by atoms with Crippen molar-refractivity contribution in [1.82, 2.24) is 4.37 Å². The molecular formula is C13H12Cl2FNS. The molecule has 1 aromatic heterocycles. The number of alkyl halides is 1. The van der Waals surface area contributed by atoms with Gasteiger partial charge in [0.1, 0.15) is 5.82 Å². The van der Waals surface area contributed by atoms with Crippen LogP contribution in [0.2, 0.25) is 5.02 Å². The molecule has 1 atom stereocenters. The van der Waals surface area contributed by atoms with Crippen LogP contribution in [-0.4, -0.2) is 4.37 Å². The maximum Gasteiger partial charge on any atom is 0.127 e. The Morgan fingerprint density at radius 1 is 1.44 bits per heavy atom. The lowest BCUT2D eigenvalue weighted by Gasteiger charge is -2.12. The third kappa shape index (κ3) is 2.85. The quantitative estimate of drug-likeness (QED) is 0.723. The highest BCUT2D eigenvalue weighted by molar-refractivity contribution is 7.06. The van der Waals surface area contributed by atoms with Gasteiger partial charge in [-0.1, -0.05) is 24.6 Å². The second kappa shape index (κ2) is 6.00. The summed E-state index contributed by atoms with van der Waals surface area (Å²) in [6.45, 7) is 2.03. The first-order valence-electron chi connectivity index (χ1n) is 5.55. The molecule has 5 heteroatoms. The maximum absolute atomic E-state index is 13.7. The predicted octanol–water partition coefficient (Wildman–Crippen LogP) is 5.02. The van der Waals surface area contributed by atoms with Crippen LogP contribution in [0.3, 0.4) is 0 Å². The van der Waals surface area contributed by atoms with E-state index < -0.39 is 0 Å². The summed E-state index contributed by atoms with van der Waals surface area (Å²) < 4.78 is 17.8. The van der Waals surface area contributed by atoms with E-state index in [9.17, 15) is 4.39 Å². The van der Waals surface area contributed by atoms with Crippen LogP contribution in [0.5, 0.6) is 0 Å². The zero-order chi connectivity index (χ0) is 13.1.